The van der Waals surface area contributed by atoms with Crippen LogP contribution < -0.4 is 5.32 Å². The molecular weight excluding hydrogens is 256 g/mol. The van der Waals surface area contributed by atoms with Gasteiger partial charge in [-0.2, -0.15) is 0 Å². The van der Waals surface area contributed by atoms with E-state index < -0.39 is 5.97 Å². The highest BCUT2D eigenvalue weighted by molar-refractivity contribution is 5.80. The molecule has 5 heteroatoms. The zero-order valence-corrected chi connectivity index (χ0v) is 12.7. The van der Waals surface area contributed by atoms with Gasteiger partial charge in [0.1, 0.15) is 6.54 Å². The van der Waals surface area contributed by atoms with Crippen LogP contribution in [-0.2, 0) is 4.79 Å². The summed E-state index contributed by atoms with van der Waals surface area (Å²) in [6, 6.07) is -0.253. The Bertz CT molecular complexity index is 312. The maximum Gasteiger partial charge on any atom is 0.323 e. The van der Waals surface area contributed by atoms with E-state index in [0.29, 0.717) is 13.1 Å². The fourth-order valence-electron chi connectivity index (χ4n) is 2.79. The predicted octanol–water partition coefficient (Wildman–Crippen LogP) is 2.71. The fraction of sp³-hybridized carbons (Fsp3) is 0.867. The molecule has 2 N–H and O–H groups in total. The van der Waals surface area contributed by atoms with E-state index in [1.807, 2.05) is 13.8 Å². The number of rotatable bonds is 7. The largest absolute Gasteiger partial charge is 0.480 e. The Hall–Kier alpha value is -1.26. The van der Waals surface area contributed by atoms with E-state index in [4.69, 9.17) is 5.11 Å². The van der Waals surface area contributed by atoms with Gasteiger partial charge in [-0.25, -0.2) is 4.79 Å². The lowest BCUT2D eigenvalue weighted by Gasteiger charge is -2.25. The quantitative estimate of drug-likeness (QED) is 0.755. The Balaban J connectivity index is 2.30. The molecule has 0 aromatic heterocycles. The molecule has 0 radical (unpaired) electrons. The van der Waals surface area contributed by atoms with Gasteiger partial charge in [0.25, 0.3) is 0 Å². The van der Waals surface area contributed by atoms with Crippen LogP contribution in [0.15, 0.2) is 0 Å². The first-order chi connectivity index (χ1) is 9.49. The summed E-state index contributed by atoms with van der Waals surface area (Å²) >= 11 is 0. The maximum absolute atomic E-state index is 12.0. The number of carbonyl (C=O) groups is 2. The molecule has 0 saturated heterocycles. The van der Waals surface area contributed by atoms with Crippen LogP contribution in [0.2, 0.25) is 0 Å². The highest BCUT2D eigenvalue weighted by Crippen LogP contribution is 2.25. The molecule has 5 nitrogen and oxygen atoms in total. The number of hydrogen-bond acceptors (Lipinski definition) is 2. The summed E-state index contributed by atoms with van der Waals surface area (Å²) in [4.78, 5) is 24.2. The minimum absolute atomic E-state index is 0.229. The van der Waals surface area contributed by atoms with Crippen LogP contribution in [0.3, 0.4) is 0 Å². The van der Waals surface area contributed by atoms with Gasteiger partial charge in [-0.3, -0.25) is 4.79 Å². The fourth-order valence-corrected chi connectivity index (χ4v) is 2.79. The Labute approximate surface area is 121 Å². The van der Waals surface area contributed by atoms with Crippen LogP contribution in [0.25, 0.3) is 0 Å². The Morgan fingerprint density at radius 3 is 2.45 bits per heavy atom. The van der Waals surface area contributed by atoms with Crippen molar-refractivity contribution in [1.82, 2.24) is 10.2 Å². The molecule has 1 aliphatic rings. The summed E-state index contributed by atoms with van der Waals surface area (Å²) in [5.41, 5.74) is 0. The van der Waals surface area contributed by atoms with Gasteiger partial charge >= 0.3 is 12.0 Å². The Morgan fingerprint density at radius 1 is 1.25 bits per heavy atom. The molecule has 1 rings (SSSR count). The molecule has 1 fully saturated rings. The van der Waals surface area contributed by atoms with Crippen LogP contribution in [0.1, 0.15) is 52.4 Å². The number of carbonyl (C=O) groups excluding carboxylic acids is 1. The van der Waals surface area contributed by atoms with Gasteiger partial charge in [-0.05, 0) is 18.3 Å². The first-order valence-electron chi connectivity index (χ1n) is 7.73. The molecule has 20 heavy (non-hydrogen) atoms. The van der Waals surface area contributed by atoms with Gasteiger partial charge in [0.15, 0.2) is 0 Å². The summed E-state index contributed by atoms with van der Waals surface area (Å²) in [6.07, 6.45) is 7.48. The molecule has 0 bridgehead atoms. The van der Waals surface area contributed by atoms with Crippen LogP contribution in [0.5, 0.6) is 0 Å². The van der Waals surface area contributed by atoms with Crippen molar-refractivity contribution in [3.63, 3.8) is 0 Å². The first-order valence-corrected chi connectivity index (χ1v) is 7.73. The van der Waals surface area contributed by atoms with Crippen molar-refractivity contribution >= 4 is 12.0 Å². The minimum atomic E-state index is -0.965. The van der Waals surface area contributed by atoms with Crippen molar-refractivity contribution in [1.29, 1.82) is 0 Å². The Kier molecular flexibility index (Phi) is 7.41. The maximum atomic E-state index is 12.0. The normalized spacial score (nSPS) is 16.1. The van der Waals surface area contributed by atoms with Gasteiger partial charge in [-0.15, -0.1) is 0 Å². The first kappa shape index (κ1) is 16.8. The second-order valence-corrected chi connectivity index (χ2v) is 6.19. The van der Waals surface area contributed by atoms with Gasteiger partial charge in [0, 0.05) is 13.1 Å². The van der Waals surface area contributed by atoms with Gasteiger partial charge in [0.2, 0.25) is 0 Å². The summed E-state index contributed by atoms with van der Waals surface area (Å²) in [5.74, 6) is 0.0218. The highest BCUT2D eigenvalue weighted by Gasteiger charge is 2.18. The molecule has 116 valence electrons. The standard InChI is InChI=1S/C15H28N2O3/c1-12(2)10-17(11-14(18)19)15(20)16-9-8-13-6-4-3-5-7-13/h12-13H,3-11H2,1-2H3,(H,16,20)(H,18,19). The average molecular weight is 284 g/mol. The molecule has 1 aliphatic carbocycles. The van der Waals surface area contributed by atoms with Crippen molar-refractivity contribution in [3.8, 4) is 0 Å². The molecule has 0 heterocycles. The third kappa shape index (κ3) is 6.78. The third-order valence-corrected chi connectivity index (χ3v) is 3.75. The topological polar surface area (TPSA) is 69.6 Å². The Morgan fingerprint density at radius 2 is 1.90 bits per heavy atom. The molecule has 0 atom stereocenters. The monoisotopic (exact) mass is 284 g/mol. The number of carboxylic acid groups (broad SMARTS) is 1. The molecule has 0 spiro atoms. The van der Waals surface area contributed by atoms with Gasteiger partial charge in [-0.1, -0.05) is 46.0 Å². The summed E-state index contributed by atoms with van der Waals surface area (Å²) in [7, 11) is 0. The SMILES string of the molecule is CC(C)CN(CC(=O)O)C(=O)NCCC1CCCCC1. The predicted molar refractivity (Wildman–Crippen MR) is 78.6 cm³/mol. The van der Waals surface area contributed by atoms with Gasteiger partial charge in [0.05, 0.1) is 0 Å². The molecule has 2 amide bonds. The number of aliphatic carboxylic acids is 1. The summed E-state index contributed by atoms with van der Waals surface area (Å²) in [5, 5.41) is 11.7. The van der Waals surface area contributed by atoms with Crippen LogP contribution in [0.4, 0.5) is 4.79 Å². The van der Waals surface area contributed by atoms with E-state index in [1.54, 1.807) is 0 Å². The van der Waals surface area contributed by atoms with E-state index in [-0.39, 0.29) is 18.5 Å². The third-order valence-electron chi connectivity index (χ3n) is 3.75. The van der Waals surface area contributed by atoms with Gasteiger partial charge < -0.3 is 15.3 Å². The van der Waals surface area contributed by atoms with Crippen LogP contribution >= 0.6 is 0 Å². The number of nitrogens with one attached hydrogen (secondary N) is 1. The minimum Gasteiger partial charge on any atom is -0.480 e. The lowest BCUT2D eigenvalue weighted by atomic mass is 9.87. The van der Waals surface area contributed by atoms with Crippen molar-refractivity contribution in [2.75, 3.05) is 19.6 Å². The average Bonchev–Trinajstić information content (AvgIpc) is 2.38. The molecule has 0 aliphatic heterocycles. The highest BCUT2D eigenvalue weighted by atomic mass is 16.4. The van der Waals surface area contributed by atoms with Crippen molar-refractivity contribution < 1.29 is 14.7 Å². The van der Waals surface area contributed by atoms with E-state index in [2.05, 4.69) is 5.32 Å². The van der Waals surface area contributed by atoms with E-state index >= 15 is 0 Å². The molecule has 0 aromatic carbocycles. The van der Waals surface area contributed by atoms with Crippen molar-refractivity contribution in [2.24, 2.45) is 11.8 Å². The van der Waals surface area contributed by atoms with Crippen molar-refractivity contribution in [3.05, 3.63) is 0 Å². The van der Waals surface area contributed by atoms with Crippen LogP contribution in [0, 0.1) is 11.8 Å². The van der Waals surface area contributed by atoms with Crippen molar-refractivity contribution in [2.45, 2.75) is 52.4 Å². The van der Waals surface area contributed by atoms with E-state index in [0.717, 1.165) is 12.3 Å². The lowest BCUT2D eigenvalue weighted by molar-refractivity contribution is -0.137. The zero-order chi connectivity index (χ0) is 15.0. The number of amides is 2. The van der Waals surface area contributed by atoms with E-state index in [1.165, 1.54) is 37.0 Å². The smallest absolute Gasteiger partial charge is 0.323 e. The second kappa shape index (κ2) is 8.82. The van der Waals surface area contributed by atoms with E-state index in [9.17, 15) is 9.59 Å². The lowest BCUT2D eigenvalue weighted by Crippen LogP contribution is -2.45. The summed E-state index contributed by atoms with van der Waals surface area (Å²) < 4.78 is 0. The molecule has 0 aromatic rings. The zero-order valence-electron chi connectivity index (χ0n) is 12.7. The second-order valence-electron chi connectivity index (χ2n) is 6.19. The number of hydrogen-bond donors (Lipinski definition) is 2. The number of nitrogens with zero attached hydrogens (tertiary/aromatic N) is 1. The molecule has 0 unspecified atom stereocenters. The number of carboxylic acids is 1. The summed E-state index contributed by atoms with van der Waals surface area (Å²) in [6.45, 7) is 4.85. The number of urea groups is 1. The molecular formula is C15H28N2O3. The van der Waals surface area contributed by atoms with Crippen LogP contribution in [-0.4, -0.2) is 41.6 Å². The molecule has 1 saturated carbocycles.